The van der Waals surface area contributed by atoms with Gasteiger partial charge in [-0.2, -0.15) is 0 Å². The van der Waals surface area contributed by atoms with Crippen LogP contribution in [0, 0.1) is 12.8 Å². The molecule has 0 spiro atoms. The van der Waals surface area contributed by atoms with Crippen LogP contribution < -0.4 is 10.6 Å². The summed E-state index contributed by atoms with van der Waals surface area (Å²) in [5.74, 6) is 1.36. The molecule has 0 aliphatic carbocycles. The van der Waals surface area contributed by atoms with Crippen LogP contribution in [-0.2, 0) is 0 Å². The van der Waals surface area contributed by atoms with Gasteiger partial charge >= 0.3 is 0 Å². The Kier molecular flexibility index (Phi) is 4.31. The van der Waals surface area contributed by atoms with Gasteiger partial charge in [0.2, 0.25) is 0 Å². The summed E-state index contributed by atoms with van der Waals surface area (Å²) < 4.78 is 0. The first-order valence-electron chi connectivity index (χ1n) is 5.62. The molecule has 0 saturated carbocycles. The van der Waals surface area contributed by atoms with Crippen LogP contribution in [0.2, 0.25) is 0 Å². The van der Waals surface area contributed by atoms with E-state index >= 15 is 0 Å². The maximum Gasteiger partial charge on any atom is 0.174 e. The molecule has 5 heteroatoms. The molecule has 1 heterocycles. The summed E-state index contributed by atoms with van der Waals surface area (Å²) in [5, 5.41) is 11.9. The average Bonchev–Trinajstić information content (AvgIpc) is 2.26. The number of aromatic nitrogens is 1. The van der Waals surface area contributed by atoms with Crippen molar-refractivity contribution in [2.24, 2.45) is 16.8 Å². The number of pyridine rings is 1. The fraction of sp³-hybridized carbons (Fsp3) is 0.500. The molecule has 1 aromatic heterocycles. The largest absolute Gasteiger partial charge is 0.409 e. The maximum absolute atomic E-state index is 8.82. The zero-order valence-electron chi connectivity index (χ0n) is 10.8. The van der Waals surface area contributed by atoms with Crippen LogP contribution in [0.3, 0.4) is 0 Å². The number of oxime groups is 1. The molecule has 1 rings (SSSR count). The predicted octanol–water partition coefficient (Wildman–Crippen LogP) is 1.58. The minimum absolute atomic E-state index is 0.0983. The van der Waals surface area contributed by atoms with Crippen LogP contribution in [-0.4, -0.2) is 29.6 Å². The van der Waals surface area contributed by atoms with E-state index < -0.39 is 0 Å². The molecule has 0 aromatic carbocycles. The topological polar surface area (TPSA) is 74.7 Å². The van der Waals surface area contributed by atoms with E-state index in [4.69, 9.17) is 10.9 Å². The second-order valence-corrected chi connectivity index (χ2v) is 4.59. The van der Waals surface area contributed by atoms with Gasteiger partial charge in [0, 0.05) is 19.8 Å². The van der Waals surface area contributed by atoms with Crippen molar-refractivity contribution in [1.82, 2.24) is 4.98 Å². The van der Waals surface area contributed by atoms with E-state index in [1.165, 1.54) is 0 Å². The molecule has 0 unspecified atom stereocenters. The van der Waals surface area contributed by atoms with Gasteiger partial charge in [0.25, 0.3) is 0 Å². The maximum atomic E-state index is 8.82. The van der Waals surface area contributed by atoms with Gasteiger partial charge in [-0.25, -0.2) is 4.98 Å². The zero-order chi connectivity index (χ0) is 13.0. The van der Waals surface area contributed by atoms with E-state index in [-0.39, 0.29) is 5.84 Å². The van der Waals surface area contributed by atoms with Crippen molar-refractivity contribution in [1.29, 1.82) is 0 Å². The molecular weight excluding hydrogens is 216 g/mol. The van der Waals surface area contributed by atoms with Crippen molar-refractivity contribution in [3.8, 4) is 0 Å². The zero-order valence-corrected chi connectivity index (χ0v) is 10.8. The number of aryl methyl sites for hydroxylation is 1. The molecule has 0 radical (unpaired) electrons. The van der Waals surface area contributed by atoms with E-state index in [0.29, 0.717) is 11.5 Å². The minimum atomic E-state index is 0.0983. The molecule has 0 saturated heterocycles. The summed E-state index contributed by atoms with van der Waals surface area (Å²) in [6.07, 6.45) is 1.73. The number of hydrogen-bond donors (Lipinski definition) is 2. The number of amidine groups is 1. The molecule has 0 aliphatic rings. The first-order valence-corrected chi connectivity index (χ1v) is 5.62. The van der Waals surface area contributed by atoms with E-state index in [0.717, 1.165) is 17.9 Å². The molecule has 0 atom stereocenters. The fourth-order valence-electron chi connectivity index (χ4n) is 1.83. The molecule has 94 valence electrons. The predicted molar refractivity (Wildman–Crippen MR) is 69.6 cm³/mol. The van der Waals surface area contributed by atoms with Gasteiger partial charge in [0.05, 0.1) is 5.56 Å². The van der Waals surface area contributed by atoms with Crippen molar-refractivity contribution in [3.05, 3.63) is 23.4 Å². The van der Waals surface area contributed by atoms with Crippen LogP contribution >= 0.6 is 0 Å². The Balaban J connectivity index is 3.19. The van der Waals surface area contributed by atoms with Crippen LogP contribution in [0.1, 0.15) is 25.0 Å². The fourth-order valence-corrected chi connectivity index (χ4v) is 1.83. The lowest BCUT2D eigenvalue weighted by atomic mass is 10.1. The Morgan fingerprint density at radius 2 is 2.24 bits per heavy atom. The molecule has 0 fully saturated rings. The monoisotopic (exact) mass is 236 g/mol. The SMILES string of the molecule is Cc1ccnc(N(C)CC(C)C)c1/C(N)=N/O. The van der Waals surface area contributed by atoms with Gasteiger partial charge in [-0.05, 0) is 24.5 Å². The molecular formula is C12H20N4O. The normalized spacial score (nSPS) is 11.9. The highest BCUT2D eigenvalue weighted by atomic mass is 16.4. The van der Waals surface area contributed by atoms with Gasteiger partial charge in [-0.1, -0.05) is 19.0 Å². The minimum Gasteiger partial charge on any atom is -0.409 e. The molecule has 17 heavy (non-hydrogen) atoms. The molecule has 0 aliphatic heterocycles. The highest BCUT2D eigenvalue weighted by Gasteiger charge is 2.15. The van der Waals surface area contributed by atoms with Crippen molar-refractivity contribution in [3.63, 3.8) is 0 Å². The van der Waals surface area contributed by atoms with Crippen LogP contribution in [0.15, 0.2) is 17.4 Å². The summed E-state index contributed by atoms with van der Waals surface area (Å²) >= 11 is 0. The molecule has 0 bridgehead atoms. The number of anilines is 1. The third-order valence-corrected chi connectivity index (χ3v) is 2.50. The van der Waals surface area contributed by atoms with Gasteiger partial charge in [-0.15, -0.1) is 0 Å². The van der Waals surface area contributed by atoms with Gasteiger partial charge in [0.1, 0.15) is 5.82 Å². The summed E-state index contributed by atoms with van der Waals surface area (Å²) in [6, 6.07) is 1.85. The quantitative estimate of drug-likeness (QED) is 0.360. The van der Waals surface area contributed by atoms with E-state index in [9.17, 15) is 0 Å². The smallest absolute Gasteiger partial charge is 0.174 e. The van der Waals surface area contributed by atoms with Crippen LogP contribution in [0.5, 0.6) is 0 Å². The van der Waals surface area contributed by atoms with Crippen LogP contribution in [0.25, 0.3) is 0 Å². The summed E-state index contributed by atoms with van der Waals surface area (Å²) in [5.41, 5.74) is 7.34. The Bertz CT molecular complexity index is 415. The highest BCUT2D eigenvalue weighted by Crippen LogP contribution is 2.20. The van der Waals surface area contributed by atoms with Gasteiger partial charge in [-0.3, -0.25) is 0 Å². The second-order valence-electron chi connectivity index (χ2n) is 4.59. The van der Waals surface area contributed by atoms with E-state index in [1.807, 2.05) is 24.9 Å². The van der Waals surface area contributed by atoms with Gasteiger partial charge in [0.15, 0.2) is 5.84 Å². The number of rotatable bonds is 4. The summed E-state index contributed by atoms with van der Waals surface area (Å²) in [4.78, 5) is 6.33. The Hall–Kier alpha value is -1.78. The number of nitrogens with zero attached hydrogens (tertiary/aromatic N) is 3. The third-order valence-electron chi connectivity index (χ3n) is 2.50. The van der Waals surface area contributed by atoms with Crippen molar-refractivity contribution < 1.29 is 5.21 Å². The van der Waals surface area contributed by atoms with E-state index in [2.05, 4.69) is 24.0 Å². The third kappa shape index (κ3) is 3.09. The molecule has 1 aromatic rings. The molecule has 0 amide bonds. The average molecular weight is 236 g/mol. The Morgan fingerprint density at radius 3 is 2.76 bits per heavy atom. The van der Waals surface area contributed by atoms with Gasteiger partial charge < -0.3 is 15.8 Å². The van der Waals surface area contributed by atoms with Crippen LogP contribution in [0.4, 0.5) is 5.82 Å². The number of nitrogens with two attached hydrogens (primary N) is 1. The molecule has 5 nitrogen and oxygen atoms in total. The first kappa shape index (κ1) is 13.3. The second kappa shape index (κ2) is 5.52. The summed E-state index contributed by atoms with van der Waals surface area (Å²) in [6.45, 7) is 7.05. The number of hydrogen-bond acceptors (Lipinski definition) is 4. The van der Waals surface area contributed by atoms with E-state index in [1.54, 1.807) is 6.20 Å². The first-order chi connectivity index (χ1) is 7.97. The van der Waals surface area contributed by atoms with Crippen molar-refractivity contribution >= 4 is 11.7 Å². The standard InChI is InChI=1S/C12H20N4O/c1-8(2)7-16(4)12-10(11(13)15-17)9(3)5-6-14-12/h5-6,8,17H,7H2,1-4H3,(H2,13,15). The molecule has 3 N–H and O–H groups in total. The summed E-state index contributed by atoms with van der Waals surface area (Å²) in [7, 11) is 1.95. The Labute approximate surface area is 102 Å². The Morgan fingerprint density at radius 1 is 1.59 bits per heavy atom. The lowest BCUT2D eigenvalue weighted by Crippen LogP contribution is -2.28. The lowest BCUT2D eigenvalue weighted by molar-refractivity contribution is 0.318. The lowest BCUT2D eigenvalue weighted by Gasteiger charge is -2.23. The van der Waals surface area contributed by atoms with Crippen molar-refractivity contribution in [2.45, 2.75) is 20.8 Å². The highest BCUT2D eigenvalue weighted by molar-refractivity contribution is 6.02. The van der Waals surface area contributed by atoms with Crippen molar-refractivity contribution in [2.75, 3.05) is 18.5 Å².